The van der Waals surface area contributed by atoms with E-state index in [2.05, 4.69) is 10.6 Å². The molecule has 0 saturated heterocycles. The average molecular weight is 366 g/mol. The van der Waals surface area contributed by atoms with Crippen molar-refractivity contribution < 1.29 is 22.8 Å². The summed E-state index contributed by atoms with van der Waals surface area (Å²) in [6, 6.07) is 4.51. The maximum atomic E-state index is 12.0. The summed E-state index contributed by atoms with van der Waals surface area (Å²) in [5.41, 5.74) is 6.21. The van der Waals surface area contributed by atoms with Crippen molar-refractivity contribution in [3.63, 3.8) is 0 Å². The lowest BCUT2D eigenvalue weighted by Crippen LogP contribution is -2.31. The number of halogens is 4. The first-order valence-corrected chi connectivity index (χ1v) is 7.66. The predicted octanol–water partition coefficient (Wildman–Crippen LogP) is 2.40. The van der Waals surface area contributed by atoms with Crippen molar-refractivity contribution in [1.29, 1.82) is 0 Å². The van der Waals surface area contributed by atoms with Crippen LogP contribution in [0.2, 0.25) is 5.02 Å². The Kier molecular flexibility index (Phi) is 8.00. The Bertz CT molecular complexity index is 567. The zero-order chi connectivity index (χ0) is 18.2. The van der Waals surface area contributed by atoms with Gasteiger partial charge in [-0.2, -0.15) is 13.2 Å². The minimum Gasteiger partial charge on any atom is -0.399 e. The fraction of sp³-hybridized carbons (Fsp3) is 0.467. The molecule has 24 heavy (non-hydrogen) atoms. The van der Waals surface area contributed by atoms with Crippen LogP contribution in [0.15, 0.2) is 18.2 Å². The normalized spacial score (nSPS) is 12.7. The minimum atomic E-state index is -4.23. The number of carbonyl (C=O) groups excluding carboxylic acids is 2. The van der Waals surface area contributed by atoms with Crippen molar-refractivity contribution >= 4 is 29.5 Å². The third-order valence-corrected chi connectivity index (χ3v) is 3.55. The predicted molar refractivity (Wildman–Crippen MR) is 85.9 cm³/mol. The summed E-state index contributed by atoms with van der Waals surface area (Å²) < 4.78 is 36.0. The molecule has 4 N–H and O–H groups in total. The van der Waals surface area contributed by atoms with Crippen molar-refractivity contribution in [3.05, 3.63) is 28.8 Å². The molecular weight excluding hydrogens is 347 g/mol. The summed E-state index contributed by atoms with van der Waals surface area (Å²) >= 11 is 5.91. The number of nitrogens with one attached hydrogen (secondary N) is 2. The number of aldehydes is 1. The first-order chi connectivity index (χ1) is 11.2. The molecule has 0 bridgehead atoms. The van der Waals surface area contributed by atoms with E-state index < -0.39 is 24.4 Å². The second-order valence-corrected chi connectivity index (χ2v) is 5.66. The Morgan fingerprint density at radius 3 is 2.67 bits per heavy atom. The molecule has 5 nitrogen and oxygen atoms in total. The van der Waals surface area contributed by atoms with Crippen LogP contribution in [-0.4, -0.2) is 38.0 Å². The molecule has 1 atom stereocenters. The zero-order valence-electron chi connectivity index (χ0n) is 12.8. The van der Waals surface area contributed by atoms with Crippen LogP contribution in [0.4, 0.5) is 18.9 Å². The summed E-state index contributed by atoms with van der Waals surface area (Å²) in [7, 11) is 0. The molecule has 0 fully saturated rings. The molecule has 0 heterocycles. The van der Waals surface area contributed by atoms with Gasteiger partial charge in [0.2, 0.25) is 0 Å². The lowest BCUT2D eigenvalue weighted by atomic mass is 10.1. The van der Waals surface area contributed by atoms with Crippen LogP contribution in [0.5, 0.6) is 0 Å². The quantitative estimate of drug-likeness (QED) is 0.356. The Balaban J connectivity index is 2.34. The number of alkyl halides is 3. The van der Waals surface area contributed by atoms with Gasteiger partial charge in [-0.1, -0.05) is 11.6 Å². The lowest BCUT2D eigenvalue weighted by Gasteiger charge is -2.13. The van der Waals surface area contributed by atoms with E-state index in [1.165, 1.54) is 12.1 Å². The fourth-order valence-corrected chi connectivity index (χ4v) is 2.12. The maximum absolute atomic E-state index is 12.0. The van der Waals surface area contributed by atoms with Crippen LogP contribution in [0, 0.1) is 5.92 Å². The number of nitrogen functional groups attached to an aromatic ring is 1. The van der Waals surface area contributed by atoms with Gasteiger partial charge in [0, 0.05) is 31.2 Å². The summed E-state index contributed by atoms with van der Waals surface area (Å²) in [4.78, 5) is 22.9. The van der Waals surface area contributed by atoms with E-state index in [1.54, 1.807) is 6.07 Å². The summed E-state index contributed by atoms with van der Waals surface area (Å²) in [5, 5.41) is 5.43. The van der Waals surface area contributed by atoms with Crippen LogP contribution < -0.4 is 16.4 Å². The second-order valence-electron chi connectivity index (χ2n) is 5.25. The molecule has 9 heteroatoms. The molecule has 1 amide bonds. The van der Waals surface area contributed by atoms with Gasteiger partial charge >= 0.3 is 6.18 Å². The first-order valence-electron chi connectivity index (χ1n) is 7.29. The molecule has 0 saturated carbocycles. The van der Waals surface area contributed by atoms with E-state index in [9.17, 15) is 22.8 Å². The first kappa shape index (κ1) is 20.2. The highest BCUT2D eigenvalue weighted by atomic mass is 35.5. The highest BCUT2D eigenvalue weighted by molar-refractivity contribution is 6.34. The van der Waals surface area contributed by atoms with Crippen LogP contribution in [0.25, 0.3) is 0 Å². The summed E-state index contributed by atoms with van der Waals surface area (Å²) in [6.45, 7) is 0.0575. The van der Waals surface area contributed by atoms with E-state index in [-0.39, 0.29) is 30.2 Å². The molecule has 0 aliphatic carbocycles. The Labute approximate surface area is 142 Å². The van der Waals surface area contributed by atoms with E-state index in [0.29, 0.717) is 18.4 Å². The van der Waals surface area contributed by atoms with Gasteiger partial charge < -0.3 is 21.2 Å². The van der Waals surface area contributed by atoms with Gasteiger partial charge in [0.1, 0.15) is 6.29 Å². The smallest absolute Gasteiger partial charge is 0.390 e. The largest absolute Gasteiger partial charge is 0.399 e. The fourth-order valence-electron chi connectivity index (χ4n) is 1.92. The number of benzene rings is 1. The van der Waals surface area contributed by atoms with Gasteiger partial charge in [0.15, 0.2) is 0 Å². The third kappa shape index (κ3) is 7.65. The summed E-state index contributed by atoms with van der Waals surface area (Å²) in [5.74, 6) is -0.920. The van der Waals surface area contributed by atoms with Crippen molar-refractivity contribution in [2.45, 2.75) is 19.0 Å². The van der Waals surface area contributed by atoms with Crippen LogP contribution in [0.1, 0.15) is 23.2 Å². The lowest BCUT2D eigenvalue weighted by molar-refractivity contribution is -0.133. The zero-order valence-corrected chi connectivity index (χ0v) is 13.6. The average Bonchev–Trinajstić information content (AvgIpc) is 2.50. The minimum absolute atomic E-state index is 0.120. The number of carbonyl (C=O) groups is 2. The van der Waals surface area contributed by atoms with E-state index in [0.717, 1.165) is 0 Å². The SMILES string of the molecule is Nc1ccc(Cl)c(C(=O)NCCC(C=O)CNCCC(F)(F)F)c1. The van der Waals surface area contributed by atoms with Gasteiger partial charge in [-0.25, -0.2) is 0 Å². The summed E-state index contributed by atoms with van der Waals surface area (Å²) in [6.07, 6.45) is -4.23. The van der Waals surface area contributed by atoms with Crippen LogP contribution in [0.3, 0.4) is 0 Å². The van der Waals surface area contributed by atoms with Gasteiger partial charge in [-0.15, -0.1) is 0 Å². The monoisotopic (exact) mass is 365 g/mol. The molecule has 134 valence electrons. The van der Waals surface area contributed by atoms with E-state index >= 15 is 0 Å². The Morgan fingerprint density at radius 2 is 2.04 bits per heavy atom. The third-order valence-electron chi connectivity index (χ3n) is 3.22. The van der Waals surface area contributed by atoms with Crippen molar-refractivity contribution in [2.24, 2.45) is 5.92 Å². The highest BCUT2D eigenvalue weighted by Gasteiger charge is 2.26. The Hall–Kier alpha value is -1.80. The van der Waals surface area contributed by atoms with Crippen LogP contribution in [-0.2, 0) is 4.79 Å². The van der Waals surface area contributed by atoms with Crippen LogP contribution >= 0.6 is 11.6 Å². The molecule has 0 spiro atoms. The molecule has 1 aromatic carbocycles. The molecule has 1 rings (SSSR count). The van der Waals surface area contributed by atoms with Crippen molar-refractivity contribution in [2.75, 3.05) is 25.4 Å². The molecular formula is C15H19ClF3N3O2. The van der Waals surface area contributed by atoms with Crippen molar-refractivity contribution in [1.82, 2.24) is 10.6 Å². The molecule has 0 aromatic heterocycles. The standard InChI is InChI=1S/C15H19ClF3N3O2/c16-13-2-1-11(20)7-12(13)14(24)22-5-3-10(9-23)8-21-6-4-15(17,18)19/h1-2,7,9-10,21H,3-6,8,20H2,(H,22,24). The molecule has 1 aromatic rings. The topological polar surface area (TPSA) is 84.2 Å². The number of nitrogens with two attached hydrogens (primary N) is 1. The highest BCUT2D eigenvalue weighted by Crippen LogP contribution is 2.19. The van der Waals surface area contributed by atoms with Gasteiger partial charge in [-0.3, -0.25) is 4.79 Å². The second kappa shape index (κ2) is 9.48. The number of rotatable bonds is 9. The molecule has 0 aliphatic heterocycles. The van der Waals surface area contributed by atoms with Gasteiger partial charge in [-0.05, 0) is 24.6 Å². The number of amides is 1. The van der Waals surface area contributed by atoms with E-state index in [4.69, 9.17) is 17.3 Å². The molecule has 0 aliphatic rings. The maximum Gasteiger partial charge on any atom is 0.390 e. The van der Waals surface area contributed by atoms with Gasteiger partial charge in [0.05, 0.1) is 17.0 Å². The molecule has 0 radical (unpaired) electrons. The van der Waals surface area contributed by atoms with E-state index in [1.807, 2.05) is 0 Å². The number of anilines is 1. The number of hydrogen-bond donors (Lipinski definition) is 3. The Morgan fingerprint density at radius 1 is 1.33 bits per heavy atom. The van der Waals surface area contributed by atoms with Crippen molar-refractivity contribution in [3.8, 4) is 0 Å². The molecule has 1 unspecified atom stereocenters. The number of hydrogen-bond acceptors (Lipinski definition) is 4. The van der Waals surface area contributed by atoms with Gasteiger partial charge in [0.25, 0.3) is 5.91 Å².